The lowest BCUT2D eigenvalue weighted by Crippen LogP contribution is -2.31. The summed E-state index contributed by atoms with van der Waals surface area (Å²) in [5, 5.41) is 0. The summed E-state index contributed by atoms with van der Waals surface area (Å²) in [4.78, 5) is 24.7. The van der Waals surface area contributed by atoms with Crippen LogP contribution in [0.1, 0.15) is 133 Å². The molecule has 45 heavy (non-hydrogen) atoms. The van der Waals surface area contributed by atoms with Crippen LogP contribution in [0.25, 0.3) is 0 Å². The van der Waals surface area contributed by atoms with E-state index in [2.05, 4.69) is 6.92 Å². The molecule has 8 heteroatoms. The van der Waals surface area contributed by atoms with E-state index in [1.54, 1.807) is 19.1 Å². The first kappa shape index (κ1) is 36.4. The highest BCUT2D eigenvalue weighted by Gasteiger charge is 2.30. The molecule has 1 saturated carbocycles. The fourth-order valence-electron chi connectivity index (χ4n) is 5.68. The molecule has 0 amide bonds. The molecule has 1 aliphatic carbocycles. The Balaban J connectivity index is 1.38. The van der Waals surface area contributed by atoms with E-state index in [0.29, 0.717) is 31.4 Å². The SMILES string of the molecule is CCCCCCCCCC(F)CCOc1ccc(C(=O)Oc2ccc(C3CCC(OC(=O)[C@@H](F)[C@@H](C)CC)CC3)cc2)c(F)c1. The number of ether oxygens (including phenoxy) is 3. The van der Waals surface area contributed by atoms with E-state index >= 15 is 0 Å². The van der Waals surface area contributed by atoms with Crippen molar-refractivity contribution in [1.29, 1.82) is 0 Å². The maximum atomic E-state index is 14.7. The van der Waals surface area contributed by atoms with E-state index in [1.807, 2.05) is 19.1 Å². The third-order valence-corrected chi connectivity index (χ3v) is 8.87. The first-order chi connectivity index (χ1) is 21.7. The summed E-state index contributed by atoms with van der Waals surface area (Å²) in [5.41, 5.74) is 0.846. The molecule has 0 aromatic heterocycles. The normalized spacial score (nSPS) is 18.5. The molecule has 0 spiro atoms. The van der Waals surface area contributed by atoms with Crippen molar-refractivity contribution >= 4 is 11.9 Å². The predicted octanol–water partition coefficient (Wildman–Crippen LogP) is 10.2. The van der Waals surface area contributed by atoms with Crippen LogP contribution in [0.15, 0.2) is 42.5 Å². The molecule has 250 valence electrons. The van der Waals surface area contributed by atoms with Crippen molar-refractivity contribution < 1.29 is 37.0 Å². The molecule has 0 bridgehead atoms. The minimum absolute atomic E-state index is 0.135. The first-order valence-electron chi connectivity index (χ1n) is 16.9. The maximum Gasteiger partial charge on any atom is 0.346 e. The minimum atomic E-state index is -1.59. The first-order valence-corrected chi connectivity index (χ1v) is 16.9. The van der Waals surface area contributed by atoms with Crippen molar-refractivity contribution in [3.8, 4) is 11.5 Å². The van der Waals surface area contributed by atoms with Crippen molar-refractivity contribution in [3.05, 3.63) is 59.4 Å². The van der Waals surface area contributed by atoms with E-state index in [1.165, 1.54) is 37.8 Å². The van der Waals surface area contributed by atoms with Gasteiger partial charge in [0.25, 0.3) is 0 Å². The van der Waals surface area contributed by atoms with Gasteiger partial charge >= 0.3 is 11.9 Å². The number of carbonyl (C=O) groups is 2. The van der Waals surface area contributed by atoms with Crippen LogP contribution in [0.2, 0.25) is 0 Å². The summed E-state index contributed by atoms with van der Waals surface area (Å²) in [5.74, 6) is -1.94. The van der Waals surface area contributed by atoms with E-state index < -0.39 is 30.1 Å². The average Bonchev–Trinajstić information content (AvgIpc) is 3.04. The molecule has 0 saturated heterocycles. The van der Waals surface area contributed by atoms with Gasteiger partial charge in [-0.3, -0.25) is 0 Å². The van der Waals surface area contributed by atoms with Gasteiger partial charge in [-0.1, -0.05) is 84.3 Å². The van der Waals surface area contributed by atoms with Crippen molar-refractivity contribution in [2.75, 3.05) is 6.61 Å². The zero-order chi connectivity index (χ0) is 32.6. The second kappa shape index (κ2) is 19.5. The average molecular weight is 633 g/mol. The lowest BCUT2D eigenvalue weighted by atomic mass is 9.82. The molecule has 3 rings (SSSR count). The summed E-state index contributed by atoms with van der Waals surface area (Å²) in [6, 6.07) is 11.0. The zero-order valence-electron chi connectivity index (χ0n) is 27.2. The summed E-state index contributed by atoms with van der Waals surface area (Å²) < 4.78 is 59.4. The van der Waals surface area contributed by atoms with Gasteiger partial charge in [0.05, 0.1) is 12.2 Å². The molecular formula is C37H51F3O5. The van der Waals surface area contributed by atoms with Crippen LogP contribution < -0.4 is 9.47 Å². The van der Waals surface area contributed by atoms with Crippen LogP contribution in [-0.2, 0) is 9.53 Å². The number of hydrogen-bond acceptors (Lipinski definition) is 5. The highest BCUT2D eigenvalue weighted by atomic mass is 19.1. The molecule has 1 aliphatic rings. The quantitative estimate of drug-likeness (QED) is 0.0876. The van der Waals surface area contributed by atoms with Crippen LogP contribution in [0.5, 0.6) is 11.5 Å². The van der Waals surface area contributed by atoms with E-state index in [9.17, 15) is 22.8 Å². The van der Waals surface area contributed by atoms with Crippen LogP contribution >= 0.6 is 0 Å². The summed E-state index contributed by atoms with van der Waals surface area (Å²) in [7, 11) is 0. The third kappa shape index (κ3) is 12.4. The van der Waals surface area contributed by atoms with Gasteiger partial charge in [-0.15, -0.1) is 0 Å². The van der Waals surface area contributed by atoms with Crippen LogP contribution in [0.3, 0.4) is 0 Å². The van der Waals surface area contributed by atoms with E-state index in [-0.39, 0.29) is 42.3 Å². The number of alkyl halides is 2. The fraction of sp³-hybridized carbons (Fsp3) is 0.622. The molecule has 3 atom stereocenters. The standard InChI is InChI=1S/C37H51F3O5/c1-4-6-7-8-9-10-11-12-29(38)23-24-43-32-21-22-33(34(39)25-32)36(41)44-30-17-13-27(14-18-30)28-15-19-31(20-16-28)45-37(42)35(40)26(3)5-2/h13-14,17-18,21-22,25-26,28-29,31,35H,4-12,15-16,19-20,23-24H2,1-3H3/t26-,28?,29?,31?,35-/m0/s1. The molecule has 0 N–H and O–H groups in total. The molecule has 0 heterocycles. The molecule has 0 radical (unpaired) electrons. The number of unbranched alkanes of at least 4 members (excludes halogenated alkanes) is 6. The monoisotopic (exact) mass is 632 g/mol. The Labute approximate surface area is 267 Å². The molecule has 2 aromatic rings. The van der Waals surface area contributed by atoms with Crippen LogP contribution in [-0.4, -0.2) is 37.0 Å². The number of hydrogen-bond donors (Lipinski definition) is 0. The second-order valence-electron chi connectivity index (χ2n) is 12.4. The van der Waals surface area contributed by atoms with E-state index in [0.717, 1.165) is 43.7 Å². The molecule has 5 nitrogen and oxygen atoms in total. The van der Waals surface area contributed by atoms with Gasteiger partial charge < -0.3 is 14.2 Å². The molecule has 0 aliphatic heterocycles. The van der Waals surface area contributed by atoms with Crippen LogP contribution in [0.4, 0.5) is 13.2 Å². The van der Waals surface area contributed by atoms with Gasteiger partial charge in [-0.2, -0.15) is 0 Å². The summed E-state index contributed by atoms with van der Waals surface area (Å²) in [6.07, 6.45) is 9.41. The van der Waals surface area contributed by atoms with Gasteiger partial charge in [-0.05, 0) is 73.8 Å². The van der Waals surface area contributed by atoms with Crippen molar-refractivity contribution in [2.45, 2.75) is 135 Å². The number of esters is 2. The Hall–Kier alpha value is -3.03. The number of benzene rings is 2. The molecular weight excluding hydrogens is 581 g/mol. The highest BCUT2D eigenvalue weighted by molar-refractivity contribution is 5.91. The summed E-state index contributed by atoms with van der Waals surface area (Å²) in [6.45, 7) is 5.87. The lowest BCUT2D eigenvalue weighted by Gasteiger charge is -2.29. The predicted molar refractivity (Wildman–Crippen MR) is 171 cm³/mol. The van der Waals surface area contributed by atoms with Crippen LogP contribution in [0, 0.1) is 11.7 Å². The molecule has 1 unspecified atom stereocenters. The van der Waals surface area contributed by atoms with Gasteiger partial charge in [0.15, 0.2) is 6.17 Å². The largest absolute Gasteiger partial charge is 0.493 e. The zero-order valence-corrected chi connectivity index (χ0v) is 27.2. The summed E-state index contributed by atoms with van der Waals surface area (Å²) >= 11 is 0. The van der Waals surface area contributed by atoms with E-state index in [4.69, 9.17) is 14.2 Å². The Morgan fingerprint density at radius 1 is 0.844 bits per heavy atom. The molecule has 1 fully saturated rings. The van der Waals surface area contributed by atoms with Gasteiger partial charge in [-0.25, -0.2) is 22.8 Å². The number of carbonyl (C=O) groups excluding carboxylic acids is 2. The van der Waals surface area contributed by atoms with Gasteiger partial charge in [0.2, 0.25) is 0 Å². The third-order valence-electron chi connectivity index (χ3n) is 8.87. The molecule has 2 aromatic carbocycles. The maximum absolute atomic E-state index is 14.7. The topological polar surface area (TPSA) is 61.8 Å². The number of halogens is 3. The highest BCUT2D eigenvalue weighted by Crippen LogP contribution is 2.35. The minimum Gasteiger partial charge on any atom is -0.493 e. The Bertz CT molecular complexity index is 1160. The van der Waals surface area contributed by atoms with Crippen molar-refractivity contribution in [2.24, 2.45) is 5.92 Å². The Morgan fingerprint density at radius 2 is 1.49 bits per heavy atom. The fourth-order valence-corrected chi connectivity index (χ4v) is 5.68. The lowest BCUT2D eigenvalue weighted by molar-refractivity contribution is -0.158. The van der Waals surface area contributed by atoms with Crippen molar-refractivity contribution in [1.82, 2.24) is 0 Å². The smallest absolute Gasteiger partial charge is 0.346 e. The Morgan fingerprint density at radius 3 is 2.13 bits per heavy atom. The Kier molecular flexibility index (Phi) is 15.8. The number of rotatable bonds is 19. The second-order valence-corrected chi connectivity index (χ2v) is 12.4. The van der Waals surface area contributed by atoms with Crippen molar-refractivity contribution in [3.63, 3.8) is 0 Å². The van der Waals surface area contributed by atoms with Gasteiger partial charge in [0.1, 0.15) is 29.6 Å². The van der Waals surface area contributed by atoms with Gasteiger partial charge in [0, 0.05) is 12.5 Å².